The molecule has 0 aliphatic heterocycles. The molecular formula is C14H17FN2O4. The van der Waals surface area contributed by atoms with Gasteiger partial charge in [-0.15, -0.1) is 0 Å². The number of nitrogens with one attached hydrogen (secondary N) is 2. The van der Waals surface area contributed by atoms with E-state index in [4.69, 9.17) is 5.11 Å². The van der Waals surface area contributed by atoms with E-state index in [1.807, 2.05) is 0 Å². The maximum atomic E-state index is 13.0. The van der Waals surface area contributed by atoms with E-state index in [9.17, 15) is 18.8 Å². The van der Waals surface area contributed by atoms with Crippen LogP contribution in [0.2, 0.25) is 0 Å². The largest absolute Gasteiger partial charge is 0.480 e. The third-order valence-corrected chi connectivity index (χ3v) is 2.75. The summed E-state index contributed by atoms with van der Waals surface area (Å²) in [6.45, 7) is 2.93. The van der Waals surface area contributed by atoms with Gasteiger partial charge in [-0.1, -0.05) is 19.9 Å². The molecule has 0 radical (unpaired) electrons. The number of carbonyl (C=O) groups is 3. The zero-order valence-corrected chi connectivity index (χ0v) is 11.7. The molecule has 21 heavy (non-hydrogen) atoms. The maximum Gasteiger partial charge on any atom is 0.326 e. The Morgan fingerprint density at radius 3 is 2.48 bits per heavy atom. The first-order valence-corrected chi connectivity index (χ1v) is 6.37. The van der Waals surface area contributed by atoms with Crippen LogP contribution < -0.4 is 10.6 Å². The fourth-order valence-electron chi connectivity index (χ4n) is 1.63. The van der Waals surface area contributed by atoms with Crippen molar-refractivity contribution in [3.63, 3.8) is 0 Å². The molecule has 0 fully saturated rings. The average molecular weight is 296 g/mol. The molecule has 0 saturated carbocycles. The van der Waals surface area contributed by atoms with Gasteiger partial charge < -0.3 is 15.7 Å². The summed E-state index contributed by atoms with van der Waals surface area (Å²) in [5, 5.41) is 13.5. The first-order chi connectivity index (χ1) is 9.81. The van der Waals surface area contributed by atoms with Crippen molar-refractivity contribution in [3.05, 3.63) is 35.6 Å². The summed E-state index contributed by atoms with van der Waals surface area (Å²) in [4.78, 5) is 34.2. The van der Waals surface area contributed by atoms with E-state index in [-0.39, 0.29) is 18.0 Å². The van der Waals surface area contributed by atoms with Gasteiger partial charge >= 0.3 is 5.97 Å². The highest BCUT2D eigenvalue weighted by molar-refractivity contribution is 5.96. The van der Waals surface area contributed by atoms with Gasteiger partial charge in [-0.05, 0) is 24.1 Å². The van der Waals surface area contributed by atoms with Crippen LogP contribution in [-0.4, -0.2) is 35.5 Å². The Balaban J connectivity index is 2.53. The highest BCUT2D eigenvalue weighted by atomic mass is 19.1. The molecule has 114 valence electrons. The third-order valence-electron chi connectivity index (χ3n) is 2.75. The normalized spacial score (nSPS) is 11.8. The second-order valence-electron chi connectivity index (χ2n) is 4.82. The second-order valence-corrected chi connectivity index (χ2v) is 4.82. The minimum Gasteiger partial charge on any atom is -0.480 e. The third kappa shape index (κ3) is 5.21. The van der Waals surface area contributed by atoms with Crippen molar-refractivity contribution in [2.45, 2.75) is 19.9 Å². The minimum absolute atomic E-state index is 0.0847. The standard InChI is InChI=1S/C14H17FN2O4/c1-8(2)12(14(20)21)17-11(18)7-16-13(19)9-4-3-5-10(15)6-9/h3-6,8,12H,7H2,1-2H3,(H,16,19)(H,17,18)(H,20,21)/t12-/m1/s1. The van der Waals surface area contributed by atoms with Crippen LogP contribution in [0.4, 0.5) is 4.39 Å². The average Bonchev–Trinajstić information content (AvgIpc) is 2.41. The lowest BCUT2D eigenvalue weighted by atomic mass is 10.1. The topological polar surface area (TPSA) is 95.5 Å². The van der Waals surface area contributed by atoms with E-state index in [1.165, 1.54) is 18.2 Å². The molecule has 2 amide bonds. The number of carbonyl (C=O) groups excluding carboxylic acids is 2. The van der Waals surface area contributed by atoms with Crippen LogP contribution in [0.1, 0.15) is 24.2 Å². The molecule has 0 aliphatic rings. The first-order valence-electron chi connectivity index (χ1n) is 6.37. The molecular weight excluding hydrogens is 279 g/mol. The van der Waals surface area contributed by atoms with E-state index < -0.39 is 29.6 Å². The summed E-state index contributed by atoms with van der Waals surface area (Å²) in [6, 6.07) is 4.00. The molecule has 3 N–H and O–H groups in total. The van der Waals surface area contributed by atoms with Crippen LogP contribution in [-0.2, 0) is 9.59 Å². The zero-order valence-electron chi connectivity index (χ0n) is 11.7. The van der Waals surface area contributed by atoms with E-state index in [2.05, 4.69) is 10.6 Å². The Labute approximate surface area is 121 Å². The van der Waals surface area contributed by atoms with Crippen LogP contribution in [0.25, 0.3) is 0 Å². The number of benzene rings is 1. The lowest BCUT2D eigenvalue weighted by Crippen LogP contribution is -2.48. The van der Waals surface area contributed by atoms with Crippen molar-refractivity contribution in [3.8, 4) is 0 Å². The number of rotatable bonds is 6. The van der Waals surface area contributed by atoms with Crippen LogP contribution in [0.5, 0.6) is 0 Å². The summed E-state index contributed by atoms with van der Waals surface area (Å²) in [5.41, 5.74) is 0.0847. The Kier molecular flexibility index (Phi) is 5.83. The fraction of sp³-hybridized carbons (Fsp3) is 0.357. The van der Waals surface area contributed by atoms with Crippen LogP contribution in [0.15, 0.2) is 24.3 Å². The number of amides is 2. The van der Waals surface area contributed by atoms with Gasteiger partial charge in [0.05, 0.1) is 6.54 Å². The summed E-state index contributed by atoms with van der Waals surface area (Å²) in [5.74, 6) is -3.22. The molecule has 1 rings (SSSR count). The van der Waals surface area contributed by atoms with E-state index in [0.29, 0.717) is 0 Å². The molecule has 1 atom stereocenters. The number of carboxylic acid groups (broad SMARTS) is 1. The van der Waals surface area contributed by atoms with Crippen LogP contribution >= 0.6 is 0 Å². The number of halogens is 1. The van der Waals surface area contributed by atoms with Crippen LogP contribution in [0, 0.1) is 11.7 Å². The van der Waals surface area contributed by atoms with Crippen molar-refractivity contribution < 1.29 is 23.9 Å². The predicted molar refractivity (Wildman–Crippen MR) is 73.1 cm³/mol. The van der Waals surface area contributed by atoms with Gasteiger partial charge in [0, 0.05) is 5.56 Å². The van der Waals surface area contributed by atoms with Crippen molar-refractivity contribution in [2.75, 3.05) is 6.54 Å². The number of hydrogen-bond acceptors (Lipinski definition) is 3. The smallest absolute Gasteiger partial charge is 0.326 e. The van der Waals surface area contributed by atoms with Crippen molar-refractivity contribution >= 4 is 17.8 Å². The van der Waals surface area contributed by atoms with E-state index >= 15 is 0 Å². The molecule has 6 nitrogen and oxygen atoms in total. The van der Waals surface area contributed by atoms with Crippen molar-refractivity contribution in [1.82, 2.24) is 10.6 Å². The Hall–Kier alpha value is -2.44. The van der Waals surface area contributed by atoms with Gasteiger partial charge in [0.1, 0.15) is 11.9 Å². The van der Waals surface area contributed by atoms with Crippen LogP contribution in [0.3, 0.4) is 0 Å². The van der Waals surface area contributed by atoms with Gasteiger partial charge in [0.15, 0.2) is 0 Å². The second kappa shape index (κ2) is 7.37. The van der Waals surface area contributed by atoms with Crippen molar-refractivity contribution in [1.29, 1.82) is 0 Å². The Bertz CT molecular complexity index is 546. The van der Waals surface area contributed by atoms with Gasteiger partial charge in [-0.3, -0.25) is 9.59 Å². The quantitative estimate of drug-likeness (QED) is 0.723. The summed E-state index contributed by atoms with van der Waals surface area (Å²) in [7, 11) is 0. The van der Waals surface area contributed by atoms with E-state index in [0.717, 1.165) is 6.07 Å². The maximum absolute atomic E-state index is 13.0. The van der Waals surface area contributed by atoms with E-state index in [1.54, 1.807) is 13.8 Å². The lowest BCUT2D eigenvalue weighted by molar-refractivity contribution is -0.142. The molecule has 0 aliphatic carbocycles. The zero-order chi connectivity index (χ0) is 16.0. The van der Waals surface area contributed by atoms with Gasteiger partial charge in [-0.25, -0.2) is 9.18 Å². The molecule has 0 bridgehead atoms. The minimum atomic E-state index is -1.14. The molecule has 0 spiro atoms. The molecule has 0 unspecified atom stereocenters. The highest BCUT2D eigenvalue weighted by Crippen LogP contribution is 2.03. The molecule has 1 aromatic rings. The van der Waals surface area contributed by atoms with Gasteiger partial charge in [0.2, 0.25) is 5.91 Å². The van der Waals surface area contributed by atoms with Crippen molar-refractivity contribution in [2.24, 2.45) is 5.92 Å². The van der Waals surface area contributed by atoms with Gasteiger partial charge in [0.25, 0.3) is 5.91 Å². The SMILES string of the molecule is CC(C)[C@@H](NC(=O)CNC(=O)c1cccc(F)c1)C(=O)O. The molecule has 7 heteroatoms. The Morgan fingerprint density at radius 1 is 1.29 bits per heavy atom. The molecule has 0 saturated heterocycles. The highest BCUT2D eigenvalue weighted by Gasteiger charge is 2.23. The molecule has 1 aromatic carbocycles. The molecule has 0 heterocycles. The Morgan fingerprint density at radius 2 is 1.95 bits per heavy atom. The number of carboxylic acids is 1. The summed E-state index contributed by atoms with van der Waals surface area (Å²) >= 11 is 0. The lowest BCUT2D eigenvalue weighted by Gasteiger charge is -2.17. The summed E-state index contributed by atoms with van der Waals surface area (Å²) in [6.07, 6.45) is 0. The number of hydrogen-bond donors (Lipinski definition) is 3. The summed E-state index contributed by atoms with van der Waals surface area (Å²) < 4.78 is 13.0. The first kappa shape index (κ1) is 16.6. The van der Waals surface area contributed by atoms with Gasteiger partial charge in [-0.2, -0.15) is 0 Å². The number of aliphatic carboxylic acids is 1. The monoisotopic (exact) mass is 296 g/mol. The molecule has 0 aromatic heterocycles. The predicted octanol–water partition coefficient (Wildman–Crippen LogP) is 0.781. The fourth-order valence-corrected chi connectivity index (χ4v) is 1.63.